The van der Waals surface area contributed by atoms with Gasteiger partial charge in [0, 0.05) is 13.5 Å². The second kappa shape index (κ2) is 7.42. The van der Waals surface area contributed by atoms with E-state index in [1.807, 2.05) is 0 Å². The Bertz CT molecular complexity index is 818. The molecule has 0 saturated carbocycles. The van der Waals surface area contributed by atoms with Gasteiger partial charge in [-0.1, -0.05) is 12.8 Å². The minimum Gasteiger partial charge on any atom is -0.461 e. The number of nitrogen functional groups attached to an aromatic ring is 1. The fraction of sp³-hybridized carbons (Fsp3) is 0.467. The first-order valence-corrected chi connectivity index (χ1v) is 7.37. The highest BCUT2D eigenvalue weighted by Gasteiger charge is 2.38. The molecule has 0 saturated heterocycles. The van der Waals surface area contributed by atoms with Crippen LogP contribution in [0.15, 0.2) is 6.33 Å². The Morgan fingerprint density at radius 2 is 2.32 bits per heavy atom. The van der Waals surface area contributed by atoms with Crippen LogP contribution in [0.4, 0.5) is 10.2 Å². The van der Waals surface area contributed by atoms with Crippen molar-refractivity contribution in [3.63, 3.8) is 0 Å². The molecular formula is C15H18FN5O4. The van der Waals surface area contributed by atoms with E-state index in [0.29, 0.717) is 0 Å². The highest BCUT2D eigenvalue weighted by molar-refractivity contribution is 5.81. The van der Waals surface area contributed by atoms with Crippen LogP contribution in [-0.4, -0.2) is 56.0 Å². The number of halogens is 1. The van der Waals surface area contributed by atoms with Crippen LogP contribution in [0.5, 0.6) is 0 Å². The van der Waals surface area contributed by atoms with Gasteiger partial charge in [0.2, 0.25) is 0 Å². The normalized spacial score (nSPS) is 14.7. The van der Waals surface area contributed by atoms with Gasteiger partial charge in [-0.2, -0.15) is 14.4 Å². The average molecular weight is 351 g/mol. The van der Waals surface area contributed by atoms with Crippen LogP contribution >= 0.6 is 0 Å². The van der Waals surface area contributed by atoms with E-state index in [4.69, 9.17) is 21.6 Å². The summed E-state index contributed by atoms with van der Waals surface area (Å²) < 4.78 is 25.0. The molecule has 1 unspecified atom stereocenters. The topological polar surface area (TPSA) is 125 Å². The molecule has 2 aromatic heterocycles. The SMILES string of the molecule is C#CC(COC(=O)CC)(OC)[C@@H](O)Cn1cnc2c(N)nc(F)nc21. The zero-order valence-corrected chi connectivity index (χ0v) is 13.8. The molecule has 2 heterocycles. The summed E-state index contributed by atoms with van der Waals surface area (Å²) in [6.45, 7) is 1.14. The van der Waals surface area contributed by atoms with Crippen LogP contribution in [0.1, 0.15) is 13.3 Å². The van der Waals surface area contributed by atoms with Crippen molar-refractivity contribution in [3.8, 4) is 12.3 Å². The van der Waals surface area contributed by atoms with Crippen molar-refractivity contribution in [1.82, 2.24) is 19.5 Å². The van der Waals surface area contributed by atoms with E-state index in [1.54, 1.807) is 6.92 Å². The fourth-order valence-electron chi connectivity index (χ4n) is 2.18. The third kappa shape index (κ3) is 3.67. The summed E-state index contributed by atoms with van der Waals surface area (Å²) in [6, 6.07) is 0. The van der Waals surface area contributed by atoms with Crippen molar-refractivity contribution in [1.29, 1.82) is 0 Å². The van der Waals surface area contributed by atoms with Crippen molar-refractivity contribution in [3.05, 3.63) is 12.4 Å². The quantitative estimate of drug-likeness (QED) is 0.402. The molecule has 0 aromatic carbocycles. The van der Waals surface area contributed by atoms with E-state index in [0.717, 1.165) is 0 Å². The number of nitrogens with two attached hydrogens (primary N) is 1. The fourth-order valence-corrected chi connectivity index (χ4v) is 2.18. The zero-order chi connectivity index (χ0) is 18.6. The number of methoxy groups -OCH3 is 1. The largest absolute Gasteiger partial charge is 0.461 e. The molecule has 0 fully saturated rings. The highest BCUT2D eigenvalue weighted by atomic mass is 19.1. The highest BCUT2D eigenvalue weighted by Crippen LogP contribution is 2.21. The molecule has 0 amide bonds. The summed E-state index contributed by atoms with van der Waals surface area (Å²) in [7, 11) is 1.29. The molecule has 0 spiro atoms. The molecule has 25 heavy (non-hydrogen) atoms. The van der Waals surface area contributed by atoms with Gasteiger partial charge in [-0.25, -0.2) is 4.98 Å². The number of fused-ring (bicyclic) bond motifs is 1. The number of carbonyl (C=O) groups is 1. The molecule has 0 bridgehead atoms. The smallest absolute Gasteiger partial charge is 0.312 e. The predicted molar refractivity (Wildman–Crippen MR) is 85.5 cm³/mol. The standard InChI is InChI=1S/C15H18FN5O4/c1-4-10(23)25-7-15(5-2,24-3)9(22)6-21-8-18-11-12(17)19-14(16)20-13(11)21/h2,8-9,22H,4,6-7H2,1,3H3,(H2,17,19,20)/t9-,15?/m0/s1. The molecule has 0 aliphatic heterocycles. The zero-order valence-electron chi connectivity index (χ0n) is 13.8. The van der Waals surface area contributed by atoms with Gasteiger partial charge >= 0.3 is 12.0 Å². The lowest BCUT2D eigenvalue weighted by atomic mass is 9.98. The molecule has 2 rings (SSSR count). The third-order valence-corrected chi connectivity index (χ3v) is 3.72. The van der Waals surface area contributed by atoms with Gasteiger partial charge in [0.15, 0.2) is 17.1 Å². The molecule has 134 valence electrons. The van der Waals surface area contributed by atoms with E-state index in [9.17, 15) is 14.3 Å². The Labute approximate surface area is 143 Å². The lowest BCUT2D eigenvalue weighted by Gasteiger charge is -2.31. The monoisotopic (exact) mass is 351 g/mol. The van der Waals surface area contributed by atoms with Crippen LogP contribution in [0.3, 0.4) is 0 Å². The van der Waals surface area contributed by atoms with Gasteiger partial charge in [-0.15, -0.1) is 6.42 Å². The number of hydrogen-bond acceptors (Lipinski definition) is 8. The van der Waals surface area contributed by atoms with Crippen LogP contribution < -0.4 is 5.73 Å². The van der Waals surface area contributed by atoms with E-state index < -0.39 is 23.8 Å². The second-order valence-electron chi connectivity index (χ2n) is 5.22. The van der Waals surface area contributed by atoms with E-state index in [-0.39, 0.29) is 36.6 Å². The maximum Gasteiger partial charge on any atom is 0.312 e. The third-order valence-electron chi connectivity index (χ3n) is 3.72. The number of imidazole rings is 1. The van der Waals surface area contributed by atoms with Crippen LogP contribution in [0.25, 0.3) is 11.2 Å². The Kier molecular flexibility index (Phi) is 5.51. The second-order valence-corrected chi connectivity index (χ2v) is 5.22. The molecular weight excluding hydrogens is 333 g/mol. The maximum atomic E-state index is 13.4. The summed E-state index contributed by atoms with van der Waals surface area (Å²) in [6.07, 6.45) is 4.63. The van der Waals surface area contributed by atoms with Gasteiger partial charge in [0.1, 0.15) is 18.2 Å². The van der Waals surface area contributed by atoms with Gasteiger partial charge in [-0.3, -0.25) is 4.79 Å². The number of terminal acetylenes is 1. The molecule has 10 heteroatoms. The molecule has 0 aliphatic rings. The van der Waals surface area contributed by atoms with Gasteiger partial charge < -0.3 is 24.9 Å². The number of nitrogens with zero attached hydrogens (tertiary/aromatic N) is 4. The number of esters is 1. The van der Waals surface area contributed by atoms with E-state index >= 15 is 0 Å². The van der Waals surface area contributed by atoms with Crippen molar-refractivity contribution >= 4 is 23.0 Å². The van der Waals surface area contributed by atoms with Gasteiger partial charge in [-0.05, 0) is 0 Å². The van der Waals surface area contributed by atoms with E-state index in [1.165, 1.54) is 18.0 Å². The number of aliphatic hydroxyl groups excluding tert-OH is 1. The van der Waals surface area contributed by atoms with Crippen molar-refractivity contribution in [2.45, 2.75) is 31.6 Å². The van der Waals surface area contributed by atoms with Gasteiger partial charge in [0.25, 0.3) is 0 Å². The van der Waals surface area contributed by atoms with Crippen LogP contribution in [0.2, 0.25) is 0 Å². The molecule has 3 N–H and O–H groups in total. The van der Waals surface area contributed by atoms with Crippen LogP contribution in [0, 0.1) is 18.4 Å². The van der Waals surface area contributed by atoms with Crippen molar-refractivity contribution in [2.75, 3.05) is 19.5 Å². The maximum absolute atomic E-state index is 13.4. The molecule has 9 nitrogen and oxygen atoms in total. The lowest BCUT2D eigenvalue weighted by molar-refractivity contribution is -0.157. The van der Waals surface area contributed by atoms with Gasteiger partial charge in [0.05, 0.1) is 12.9 Å². The Hall–Kier alpha value is -2.77. The average Bonchev–Trinajstić information content (AvgIpc) is 2.99. The number of rotatable bonds is 7. The number of ether oxygens (including phenoxy) is 2. The summed E-state index contributed by atoms with van der Waals surface area (Å²) >= 11 is 0. The summed E-state index contributed by atoms with van der Waals surface area (Å²) in [5, 5.41) is 10.5. The number of aliphatic hydroxyl groups is 1. The first kappa shape index (κ1) is 18.6. The van der Waals surface area contributed by atoms with E-state index in [2.05, 4.69) is 20.9 Å². The first-order chi connectivity index (χ1) is 11.9. The summed E-state index contributed by atoms with van der Waals surface area (Å²) in [5.74, 6) is 1.70. The molecule has 2 aromatic rings. The minimum atomic E-state index is -1.58. The Morgan fingerprint density at radius 3 is 2.92 bits per heavy atom. The predicted octanol–water partition coefficient (Wildman–Crippen LogP) is -0.120. The molecule has 0 aliphatic carbocycles. The number of carbonyl (C=O) groups excluding carboxylic acids is 1. The summed E-state index contributed by atoms with van der Waals surface area (Å²) in [4.78, 5) is 22.4. The Balaban J connectivity index is 2.28. The van der Waals surface area contributed by atoms with Crippen molar-refractivity contribution in [2.24, 2.45) is 0 Å². The number of hydrogen-bond donors (Lipinski definition) is 2. The molecule has 2 atom stereocenters. The van der Waals surface area contributed by atoms with Crippen LogP contribution in [-0.2, 0) is 20.8 Å². The molecule has 0 radical (unpaired) electrons. The minimum absolute atomic E-state index is 0.0941. The first-order valence-electron chi connectivity index (χ1n) is 7.37. The summed E-state index contributed by atoms with van der Waals surface area (Å²) in [5.41, 5.74) is 4.29. The number of aromatic nitrogens is 4. The van der Waals surface area contributed by atoms with Crippen molar-refractivity contribution < 1.29 is 23.8 Å². The lowest BCUT2D eigenvalue weighted by Crippen LogP contribution is -2.49. The number of anilines is 1. The Morgan fingerprint density at radius 1 is 1.60 bits per heavy atom.